The highest BCUT2D eigenvalue weighted by molar-refractivity contribution is 6.84. The van der Waals surface area contributed by atoms with Crippen LogP contribution in [0.2, 0.25) is 0 Å². The van der Waals surface area contributed by atoms with Crippen molar-refractivity contribution in [3.05, 3.63) is 83.1 Å². The van der Waals surface area contributed by atoms with Crippen molar-refractivity contribution in [3.8, 4) is 0 Å². The Morgan fingerprint density at radius 2 is 1.77 bits per heavy atom. The number of anilines is 1. The summed E-state index contributed by atoms with van der Waals surface area (Å²) in [4.78, 5) is 41.8. The Hall–Kier alpha value is -3.72. The number of nitrogens with one attached hydrogen (secondary N) is 2. The van der Waals surface area contributed by atoms with Gasteiger partial charge in [0.25, 0.3) is 11.8 Å². The average Bonchev–Trinajstić information content (AvgIpc) is 2.80. The van der Waals surface area contributed by atoms with Crippen molar-refractivity contribution in [1.29, 1.82) is 0 Å². The number of benzene rings is 2. The molecule has 6 nitrogen and oxygen atoms in total. The predicted molar refractivity (Wildman–Crippen MR) is 128 cm³/mol. The molecule has 0 radical (unpaired) electrons. The maximum Gasteiger partial charge on any atom is 0.416 e. The van der Waals surface area contributed by atoms with E-state index in [0.717, 1.165) is 23.8 Å². The minimum Gasteiger partial charge on any atom is -0.338 e. The molecule has 1 aliphatic rings. The molecular weight excluding hydrogens is 483 g/mol. The maximum atomic E-state index is 13.1. The smallest absolute Gasteiger partial charge is 0.338 e. The van der Waals surface area contributed by atoms with Crippen LogP contribution in [0.1, 0.15) is 36.5 Å². The van der Waals surface area contributed by atoms with Gasteiger partial charge in [-0.1, -0.05) is 55.8 Å². The Morgan fingerprint density at radius 3 is 2.40 bits per heavy atom. The molecule has 1 atom stereocenters. The molecule has 2 amide bonds. The Bertz CT molecular complexity index is 1230. The molecule has 0 aromatic heterocycles. The molecule has 0 aliphatic carbocycles. The number of hydrogen-bond acceptors (Lipinski definition) is 4. The molecule has 1 aliphatic heterocycles. The zero-order valence-electron chi connectivity index (χ0n) is 18.7. The first-order valence-corrected chi connectivity index (χ1v) is 10.9. The number of halogens is 4. The molecule has 1 unspecified atom stereocenters. The largest absolute Gasteiger partial charge is 0.416 e. The second-order valence-corrected chi connectivity index (χ2v) is 8.35. The van der Waals surface area contributed by atoms with Gasteiger partial charge in [-0.3, -0.25) is 14.4 Å². The monoisotopic (exact) mass is 503 g/mol. The maximum absolute atomic E-state index is 13.1. The summed E-state index contributed by atoms with van der Waals surface area (Å²) in [5.74, 6) is -2.28. The average molecular weight is 504 g/mol. The number of aliphatic imine (C=N–C) groups is 1. The summed E-state index contributed by atoms with van der Waals surface area (Å²) >= 11 is 5.73. The van der Waals surface area contributed by atoms with Crippen molar-refractivity contribution < 1.29 is 27.6 Å². The predicted octanol–water partition coefficient (Wildman–Crippen LogP) is 5.07. The van der Waals surface area contributed by atoms with Gasteiger partial charge in [0, 0.05) is 11.9 Å². The van der Waals surface area contributed by atoms with Crippen LogP contribution < -0.4 is 10.6 Å². The molecule has 2 N–H and O–H groups in total. The van der Waals surface area contributed by atoms with E-state index in [9.17, 15) is 27.6 Å². The number of alkyl halides is 3. The molecule has 2 aromatic carbocycles. The highest BCUT2D eigenvalue weighted by Gasteiger charge is 2.31. The van der Waals surface area contributed by atoms with Crippen LogP contribution in [0.3, 0.4) is 0 Å². The van der Waals surface area contributed by atoms with E-state index in [0.29, 0.717) is 5.56 Å². The summed E-state index contributed by atoms with van der Waals surface area (Å²) in [5.41, 5.74) is 0.0146. The summed E-state index contributed by atoms with van der Waals surface area (Å²) in [6, 6.07) is 9.95. The van der Waals surface area contributed by atoms with E-state index in [1.807, 2.05) is 26.0 Å². The molecule has 3 rings (SSSR count). The van der Waals surface area contributed by atoms with Gasteiger partial charge in [0.05, 0.1) is 5.56 Å². The molecule has 182 valence electrons. The molecular formula is C25H21ClF3N3O3. The van der Waals surface area contributed by atoms with Gasteiger partial charge in [-0.25, -0.2) is 4.99 Å². The first-order valence-electron chi connectivity index (χ1n) is 10.5. The zero-order valence-corrected chi connectivity index (χ0v) is 19.4. The minimum absolute atomic E-state index is 0.150. The van der Waals surface area contributed by atoms with Crippen LogP contribution in [0, 0.1) is 0 Å². The number of Topliss-reactive ketones (excluding diaryl/α,β-unsaturated/α-hetero) is 1. The lowest BCUT2D eigenvalue weighted by molar-refractivity contribution is -0.137. The second kappa shape index (κ2) is 10.7. The van der Waals surface area contributed by atoms with Crippen LogP contribution in [-0.2, 0) is 20.6 Å². The quantitative estimate of drug-likeness (QED) is 0.328. The normalized spacial score (nSPS) is 16.2. The Labute approximate surface area is 204 Å². The van der Waals surface area contributed by atoms with Gasteiger partial charge in [-0.05, 0) is 47.4 Å². The standard InChI is InChI=1S/C25H21ClF3N3O3/c1-14(2)16-8-6-15(7-9-16)12-19(24(35)32-20-10-11-30-22(26)21(20)33)23(34)31-18-5-3-4-17(13-18)25(27,28)29/h3-14,20H,1-2H3,(H,31,34)(H,32,35)/b19-12+. The summed E-state index contributed by atoms with van der Waals surface area (Å²) in [7, 11) is 0. The molecule has 1 heterocycles. The van der Waals surface area contributed by atoms with Crippen molar-refractivity contribution in [2.45, 2.75) is 32.0 Å². The van der Waals surface area contributed by atoms with Crippen molar-refractivity contribution in [3.63, 3.8) is 0 Å². The van der Waals surface area contributed by atoms with Crippen molar-refractivity contribution in [2.24, 2.45) is 4.99 Å². The van der Waals surface area contributed by atoms with Crippen molar-refractivity contribution in [2.75, 3.05) is 5.32 Å². The van der Waals surface area contributed by atoms with Crippen LogP contribution in [0.4, 0.5) is 18.9 Å². The Morgan fingerprint density at radius 1 is 1.09 bits per heavy atom. The SMILES string of the molecule is CC(C)c1ccc(/C=C(\C(=O)Nc2cccc(C(F)(F)F)c2)C(=O)NC2C=CN=C(Cl)C2=O)cc1. The molecule has 2 aromatic rings. The molecule has 10 heteroatoms. The molecule has 0 spiro atoms. The summed E-state index contributed by atoms with van der Waals surface area (Å²) in [6.07, 6.45) is -0.782. The van der Waals surface area contributed by atoms with Gasteiger partial charge in [0.2, 0.25) is 5.78 Å². The van der Waals surface area contributed by atoms with Crippen molar-refractivity contribution in [1.82, 2.24) is 5.32 Å². The summed E-state index contributed by atoms with van der Waals surface area (Å²) < 4.78 is 39.2. The van der Waals surface area contributed by atoms with Gasteiger partial charge in [0.1, 0.15) is 11.6 Å². The lowest BCUT2D eigenvalue weighted by Gasteiger charge is -2.17. The number of hydrogen-bond donors (Lipinski definition) is 2. The molecule has 0 saturated heterocycles. The first-order chi connectivity index (χ1) is 16.5. The number of nitrogens with zero attached hydrogens (tertiary/aromatic N) is 1. The Balaban J connectivity index is 1.92. The van der Waals surface area contributed by atoms with E-state index >= 15 is 0 Å². The minimum atomic E-state index is -4.61. The fourth-order valence-corrected chi connectivity index (χ4v) is 3.33. The fraction of sp³-hybridized carbons (Fsp3) is 0.200. The van der Waals surface area contributed by atoms with E-state index in [1.54, 1.807) is 12.1 Å². The lowest BCUT2D eigenvalue weighted by atomic mass is 10.0. The topological polar surface area (TPSA) is 87.6 Å². The van der Waals surface area contributed by atoms with Crippen LogP contribution in [0.15, 0.2) is 71.4 Å². The van der Waals surface area contributed by atoms with Gasteiger partial charge in [0.15, 0.2) is 5.17 Å². The van der Waals surface area contributed by atoms with E-state index < -0.39 is 41.0 Å². The molecule has 0 fully saturated rings. The van der Waals surface area contributed by atoms with Crippen LogP contribution >= 0.6 is 11.6 Å². The van der Waals surface area contributed by atoms with E-state index in [1.165, 1.54) is 24.4 Å². The number of ketones is 1. The Kier molecular flexibility index (Phi) is 7.91. The highest BCUT2D eigenvalue weighted by atomic mass is 35.5. The molecule has 35 heavy (non-hydrogen) atoms. The summed E-state index contributed by atoms with van der Waals surface area (Å²) in [5, 5.41) is 4.39. The van der Waals surface area contributed by atoms with Gasteiger partial charge >= 0.3 is 6.18 Å². The number of amides is 2. The van der Waals surface area contributed by atoms with Gasteiger partial charge in [-0.2, -0.15) is 13.2 Å². The zero-order chi connectivity index (χ0) is 25.8. The molecule has 0 bridgehead atoms. The number of carbonyl (C=O) groups excluding carboxylic acids is 3. The second-order valence-electron chi connectivity index (χ2n) is 7.99. The number of carbonyl (C=O) groups is 3. The third-order valence-electron chi connectivity index (χ3n) is 5.09. The van der Waals surface area contributed by atoms with Gasteiger partial charge < -0.3 is 10.6 Å². The number of rotatable bonds is 6. The van der Waals surface area contributed by atoms with Crippen molar-refractivity contribution >= 4 is 46.1 Å². The third kappa shape index (κ3) is 6.66. The fourth-order valence-electron chi connectivity index (χ4n) is 3.16. The first kappa shape index (κ1) is 25.9. The van der Waals surface area contributed by atoms with Crippen LogP contribution in [0.5, 0.6) is 0 Å². The van der Waals surface area contributed by atoms with Crippen LogP contribution in [-0.4, -0.2) is 28.8 Å². The van der Waals surface area contributed by atoms with E-state index in [2.05, 4.69) is 15.6 Å². The molecule has 0 saturated carbocycles. The van der Waals surface area contributed by atoms with Gasteiger partial charge in [-0.15, -0.1) is 0 Å². The van der Waals surface area contributed by atoms with E-state index in [-0.39, 0.29) is 16.8 Å². The third-order valence-corrected chi connectivity index (χ3v) is 5.37. The highest BCUT2D eigenvalue weighted by Crippen LogP contribution is 2.30. The summed E-state index contributed by atoms with van der Waals surface area (Å²) in [6.45, 7) is 4.02. The van der Waals surface area contributed by atoms with E-state index in [4.69, 9.17) is 11.6 Å². The van der Waals surface area contributed by atoms with Crippen LogP contribution in [0.25, 0.3) is 6.08 Å². The lowest BCUT2D eigenvalue weighted by Crippen LogP contribution is -2.44.